The van der Waals surface area contributed by atoms with E-state index < -0.39 is 0 Å². The Morgan fingerprint density at radius 3 is 2.25 bits per heavy atom. The summed E-state index contributed by atoms with van der Waals surface area (Å²) in [4.78, 5) is 17.0. The second-order valence-electron chi connectivity index (χ2n) is 5.70. The van der Waals surface area contributed by atoms with Crippen molar-refractivity contribution in [1.82, 2.24) is 4.98 Å². The van der Waals surface area contributed by atoms with Crippen LogP contribution in [0.4, 0.5) is 4.39 Å². The Hall–Kier alpha value is -3.19. The van der Waals surface area contributed by atoms with Crippen LogP contribution in [0.3, 0.4) is 0 Å². The second kappa shape index (κ2) is 8.67. The summed E-state index contributed by atoms with van der Waals surface area (Å²) in [5.41, 5.74) is 1.87. The van der Waals surface area contributed by atoms with Gasteiger partial charge in [0, 0.05) is 16.5 Å². The van der Waals surface area contributed by atoms with Crippen LogP contribution in [0.2, 0.25) is 0 Å². The molecule has 0 amide bonds. The van der Waals surface area contributed by atoms with Gasteiger partial charge in [0.2, 0.25) is 5.75 Å². The molecule has 0 bridgehead atoms. The number of thiazole rings is 1. The van der Waals surface area contributed by atoms with Crippen molar-refractivity contribution in [3.63, 3.8) is 0 Å². The van der Waals surface area contributed by atoms with Crippen molar-refractivity contribution in [3.05, 3.63) is 64.9 Å². The topological polar surface area (TPSA) is 57.7 Å². The average Bonchev–Trinajstić information content (AvgIpc) is 3.20. The zero-order valence-corrected chi connectivity index (χ0v) is 16.4. The number of hydrogen-bond acceptors (Lipinski definition) is 6. The minimum Gasteiger partial charge on any atom is -0.493 e. The standard InChI is InChI=1S/C21H18FNO4S/c1-25-18-10-14(11-19(26-2)20(18)27-3)17(24)9-8-16-12-28-21(23-16)13-4-6-15(22)7-5-13/h4-12H,1-3H3/b9-8+. The molecule has 0 atom stereocenters. The van der Waals surface area contributed by atoms with E-state index >= 15 is 0 Å². The summed E-state index contributed by atoms with van der Waals surface area (Å²) in [5, 5.41) is 2.58. The summed E-state index contributed by atoms with van der Waals surface area (Å²) < 4.78 is 28.9. The Kier molecular flexibility index (Phi) is 6.06. The first-order valence-electron chi connectivity index (χ1n) is 8.29. The van der Waals surface area contributed by atoms with Gasteiger partial charge >= 0.3 is 0 Å². The highest BCUT2D eigenvalue weighted by molar-refractivity contribution is 7.13. The third-order valence-electron chi connectivity index (χ3n) is 3.97. The van der Waals surface area contributed by atoms with Crippen molar-refractivity contribution in [2.75, 3.05) is 21.3 Å². The number of nitrogens with zero attached hydrogens (tertiary/aromatic N) is 1. The molecule has 0 spiro atoms. The van der Waals surface area contributed by atoms with Crippen LogP contribution in [0.5, 0.6) is 17.2 Å². The number of aromatic nitrogens is 1. The molecule has 0 unspecified atom stereocenters. The number of rotatable bonds is 7. The minimum absolute atomic E-state index is 0.226. The van der Waals surface area contributed by atoms with Crippen molar-refractivity contribution in [2.24, 2.45) is 0 Å². The van der Waals surface area contributed by atoms with Crippen LogP contribution in [-0.2, 0) is 0 Å². The van der Waals surface area contributed by atoms with Gasteiger partial charge in [0.25, 0.3) is 0 Å². The SMILES string of the molecule is COc1cc(C(=O)/C=C/c2csc(-c3ccc(F)cc3)n2)cc(OC)c1OC. The lowest BCUT2D eigenvalue weighted by Gasteiger charge is -2.13. The molecule has 5 nitrogen and oxygen atoms in total. The van der Waals surface area contributed by atoms with Gasteiger partial charge in [-0.15, -0.1) is 11.3 Å². The first kappa shape index (κ1) is 19.6. The molecular formula is C21H18FNO4S. The molecule has 7 heteroatoms. The molecule has 28 heavy (non-hydrogen) atoms. The highest BCUT2D eigenvalue weighted by Crippen LogP contribution is 2.38. The van der Waals surface area contributed by atoms with Crippen LogP contribution in [0.25, 0.3) is 16.6 Å². The first-order valence-corrected chi connectivity index (χ1v) is 9.17. The van der Waals surface area contributed by atoms with E-state index in [2.05, 4.69) is 4.98 Å². The minimum atomic E-state index is -0.295. The lowest BCUT2D eigenvalue weighted by molar-refractivity contribution is 0.104. The molecule has 1 heterocycles. The Morgan fingerprint density at radius 1 is 1.04 bits per heavy atom. The normalized spacial score (nSPS) is 10.9. The van der Waals surface area contributed by atoms with E-state index in [1.54, 1.807) is 30.3 Å². The van der Waals surface area contributed by atoms with Gasteiger partial charge in [-0.2, -0.15) is 0 Å². The van der Waals surface area contributed by atoms with Gasteiger partial charge < -0.3 is 14.2 Å². The van der Waals surface area contributed by atoms with E-state index in [0.717, 1.165) is 10.6 Å². The van der Waals surface area contributed by atoms with Gasteiger partial charge in [-0.05, 0) is 48.6 Å². The van der Waals surface area contributed by atoms with E-state index in [1.165, 1.54) is 50.9 Å². The fraction of sp³-hybridized carbons (Fsp3) is 0.143. The molecule has 2 aromatic carbocycles. The number of ether oxygens (including phenoxy) is 3. The van der Waals surface area contributed by atoms with Crippen LogP contribution < -0.4 is 14.2 Å². The summed E-state index contributed by atoms with van der Waals surface area (Å²) in [5.74, 6) is 0.720. The highest BCUT2D eigenvalue weighted by atomic mass is 32.1. The molecule has 0 N–H and O–H groups in total. The predicted octanol–water partition coefficient (Wildman–Crippen LogP) is 4.87. The van der Waals surface area contributed by atoms with E-state index in [4.69, 9.17) is 14.2 Å². The molecule has 0 aliphatic carbocycles. The van der Waals surface area contributed by atoms with E-state index in [-0.39, 0.29) is 11.6 Å². The molecule has 3 rings (SSSR count). The Balaban J connectivity index is 1.81. The number of carbonyl (C=O) groups excluding carboxylic acids is 1. The summed E-state index contributed by atoms with van der Waals surface area (Å²) in [7, 11) is 4.49. The summed E-state index contributed by atoms with van der Waals surface area (Å²) in [6.07, 6.45) is 3.07. The zero-order valence-electron chi connectivity index (χ0n) is 15.6. The number of benzene rings is 2. The largest absolute Gasteiger partial charge is 0.493 e. The predicted molar refractivity (Wildman–Crippen MR) is 107 cm³/mol. The molecular weight excluding hydrogens is 381 g/mol. The van der Waals surface area contributed by atoms with Crippen LogP contribution in [0.15, 0.2) is 47.9 Å². The molecule has 0 radical (unpaired) electrons. The van der Waals surface area contributed by atoms with Gasteiger partial charge in [-0.1, -0.05) is 0 Å². The second-order valence-corrected chi connectivity index (χ2v) is 6.55. The van der Waals surface area contributed by atoms with Crippen LogP contribution >= 0.6 is 11.3 Å². The number of methoxy groups -OCH3 is 3. The first-order chi connectivity index (χ1) is 13.5. The van der Waals surface area contributed by atoms with Crippen LogP contribution in [0.1, 0.15) is 16.1 Å². The molecule has 0 aliphatic rings. The molecule has 1 aromatic heterocycles. The molecule has 0 saturated heterocycles. The zero-order chi connectivity index (χ0) is 20.1. The van der Waals surface area contributed by atoms with Gasteiger partial charge in [-0.3, -0.25) is 4.79 Å². The fourth-order valence-electron chi connectivity index (χ4n) is 2.57. The van der Waals surface area contributed by atoms with Crippen molar-refractivity contribution in [1.29, 1.82) is 0 Å². The fourth-order valence-corrected chi connectivity index (χ4v) is 3.36. The quantitative estimate of drug-likeness (QED) is 0.419. The summed E-state index contributed by atoms with van der Waals surface area (Å²) in [6, 6.07) is 9.31. The Bertz CT molecular complexity index is 986. The molecule has 3 aromatic rings. The smallest absolute Gasteiger partial charge is 0.203 e. The Morgan fingerprint density at radius 2 is 1.68 bits per heavy atom. The van der Waals surface area contributed by atoms with Gasteiger partial charge in [0.15, 0.2) is 17.3 Å². The summed E-state index contributed by atoms with van der Waals surface area (Å²) >= 11 is 1.42. The lowest BCUT2D eigenvalue weighted by atomic mass is 10.1. The third-order valence-corrected chi connectivity index (χ3v) is 4.88. The molecule has 144 valence electrons. The van der Waals surface area contributed by atoms with Crippen molar-refractivity contribution in [3.8, 4) is 27.8 Å². The van der Waals surface area contributed by atoms with Crippen molar-refractivity contribution < 1.29 is 23.4 Å². The van der Waals surface area contributed by atoms with Gasteiger partial charge in [0.05, 0.1) is 27.0 Å². The summed E-state index contributed by atoms with van der Waals surface area (Å²) in [6.45, 7) is 0. The van der Waals surface area contributed by atoms with Crippen molar-refractivity contribution in [2.45, 2.75) is 0 Å². The number of carbonyl (C=O) groups is 1. The number of halogens is 1. The van der Waals surface area contributed by atoms with Crippen LogP contribution in [0, 0.1) is 5.82 Å². The van der Waals surface area contributed by atoms with Crippen LogP contribution in [-0.4, -0.2) is 32.1 Å². The highest BCUT2D eigenvalue weighted by Gasteiger charge is 2.15. The maximum absolute atomic E-state index is 13.0. The maximum Gasteiger partial charge on any atom is 0.203 e. The third kappa shape index (κ3) is 4.20. The number of allylic oxidation sites excluding steroid dienone is 1. The van der Waals surface area contributed by atoms with E-state index in [0.29, 0.717) is 28.5 Å². The molecule has 0 aliphatic heterocycles. The van der Waals surface area contributed by atoms with E-state index in [1.807, 2.05) is 5.38 Å². The lowest BCUT2D eigenvalue weighted by Crippen LogP contribution is -2.00. The maximum atomic E-state index is 13.0. The average molecular weight is 399 g/mol. The van der Waals surface area contributed by atoms with E-state index in [9.17, 15) is 9.18 Å². The number of hydrogen-bond donors (Lipinski definition) is 0. The number of ketones is 1. The van der Waals surface area contributed by atoms with Gasteiger partial charge in [0.1, 0.15) is 10.8 Å². The molecule has 0 saturated carbocycles. The van der Waals surface area contributed by atoms with Gasteiger partial charge in [-0.25, -0.2) is 9.37 Å². The Labute approximate surface area is 166 Å². The van der Waals surface area contributed by atoms with Crippen molar-refractivity contribution >= 4 is 23.2 Å². The molecule has 0 fully saturated rings. The monoisotopic (exact) mass is 399 g/mol.